The minimum atomic E-state index is 0.469. The number of hydrogen-bond donors (Lipinski definition) is 4. The number of thiocarbonyl (C=S) groups is 1. The Morgan fingerprint density at radius 3 is 2.84 bits per heavy atom. The van der Waals surface area contributed by atoms with Crippen molar-refractivity contribution in [2.75, 3.05) is 18.4 Å². The summed E-state index contributed by atoms with van der Waals surface area (Å²) in [5, 5.41) is 7.38. The van der Waals surface area contributed by atoms with Gasteiger partial charge in [0.05, 0.1) is 0 Å². The molecule has 5 nitrogen and oxygen atoms in total. The Hall–Kier alpha value is -1.53. The number of anilines is 1. The minimum Gasteiger partial charge on any atom is -0.355 e. The van der Waals surface area contributed by atoms with Crippen LogP contribution in [0.25, 0.3) is 0 Å². The second-order valence-corrected chi connectivity index (χ2v) is 4.92. The van der Waals surface area contributed by atoms with E-state index in [1.807, 2.05) is 12.1 Å². The van der Waals surface area contributed by atoms with Crippen molar-refractivity contribution in [2.45, 2.75) is 12.8 Å². The zero-order valence-electron chi connectivity index (χ0n) is 10.4. The summed E-state index contributed by atoms with van der Waals surface area (Å²) >= 11 is 11.0. The normalized spacial score (nSPS) is 14.7. The van der Waals surface area contributed by atoms with Gasteiger partial charge < -0.3 is 10.6 Å². The van der Waals surface area contributed by atoms with Gasteiger partial charge in [-0.15, -0.1) is 0 Å². The maximum Gasteiger partial charge on any atom is 0.210 e. The molecular formula is C12H16ClN5S. The number of benzene rings is 1. The number of rotatable bonds is 1. The van der Waals surface area contributed by atoms with E-state index in [0.29, 0.717) is 10.1 Å². The fourth-order valence-electron chi connectivity index (χ4n) is 1.59. The lowest BCUT2D eigenvalue weighted by atomic mass is 10.3. The van der Waals surface area contributed by atoms with Crippen LogP contribution in [-0.2, 0) is 0 Å². The first-order valence-electron chi connectivity index (χ1n) is 6.11. The SMILES string of the molecule is S=C(NNC1=NCCCCN1)Nc1ccc(Cl)cc1. The Morgan fingerprint density at radius 1 is 1.26 bits per heavy atom. The van der Waals surface area contributed by atoms with Gasteiger partial charge in [0.2, 0.25) is 5.96 Å². The summed E-state index contributed by atoms with van der Waals surface area (Å²) in [7, 11) is 0. The highest BCUT2D eigenvalue weighted by Crippen LogP contribution is 2.12. The van der Waals surface area contributed by atoms with Crippen LogP contribution in [0, 0.1) is 0 Å². The molecule has 0 fully saturated rings. The third kappa shape index (κ3) is 4.92. The fourth-order valence-corrected chi connectivity index (χ4v) is 1.88. The standard InChI is InChI=1S/C12H16ClN5S/c13-9-3-5-10(6-4-9)16-12(19)18-17-11-14-7-1-2-8-15-11/h3-6H,1-2,7-8H2,(H2,14,15,17)(H2,16,18,19). The van der Waals surface area contributed by atoms with Gasteiger partial charge >= 0.3 is 0 Å². The van der Waals surface area contributed by atoms with Crippen molar-refractivity contribution < 1.29 is 0 Å². The van der Waals surface area contributed by atoms with E-state index in [1.54, 1.807) is 12.1 Å². The predicted molar refractivity (Wildman–Crippen MR) is 83.5 cm³/mol. The van der Waals surface area contributed by atoms with Crippen molar-refractivity contribution >= 4 is 40.6 Å². The van der Waals surface area contributed by atoms with Gasteiger partial charge in [-0.05, 0) is 49.3 Å². The number of halogens is 1. The van der Waals surface area contributed by atoms with E-state index in [-0.39, 0.29) is 0 Å². The molecule has 0 amide bonds. The monoisotopic (exact) mass is 297 g/mol. The Balaban J connectivity index is 1.78. The van der Waals surface area contributed by atoms with Crippen LogP contribution in [0.4, 0.5) is 5.69 Å². The van der Waals surface area contributed by atoms with Crippen LogP contribution in [-0.4, -0.2) is 24.2 Å². The molecule has 0 spiro atoms. The van der Waals surface area contributed by atoms with E-state index in [1.165, 1.54) is 0 Å². The first kappa shape index (κ1) is 13.9. The number of hydrogen-bond acceptors (Lipinski definition) is 4. The van der Waals surface area contributed by atoms with Crippen molar-refractivity contribution in [1.29, 1.82) is 0 Å². The lowest BCUT2D eigenvalue weighted by Crippen LogP contribution is -2.49. The van der Waals surface area contributed by atoms with Crippen molar-refractivity contribution in [2.24, 2.45) is 4.99 Å². The molecule has 2 rings (SSSR count). The molecule has 0 aliphatic carbocycles. The quantitative estimate of drug-likeness (QED) is 0.471. The molecule has 0 saturated carbocycles. The summed E-state index contributed by atoms with van der Waals surface area (Å²) in [6.07, 6.45) is 2.23. The minimum absolute atomic E-state index is 0.469. The molecule has 0 unspecified atom stereocenters. The van der Waals surface area contributed by atoms with Crippen molar-refractivity contribution in [3.63, 3.8) is 0 Å². The number of nitrogens with zero attached hydrogens (tertiary/aromatic N) is 1. The Morgan fingerprint density at radius 2 is 2.05 bits per heavy atom. The van der Waals surface area contributed by atoms with Crippen molar-refractivity contribution in [3.8, 4) is 0 Å². The second kappa shape index (κ2) is 7.16. The molecule has 19 heavy (non-hydrogen) atoms. The summed E-state index contributed by atoms with van der Waals surface area (Å²) in [5.74, 6) is 0.720. The van der Waals surface area contributed by atoms with Gasteiger partial charge in [-0.1, -0.05) is 11.6 Å². The molecule has 4 N–H and O–H groups in total. The van der Waals surface area contributed by atoms with E-state index in [4.69, 9.17) is 23.8 Å². The van der Waals surface area contributed by atoms with E-state index in [2.05, 4.69) is 26.5 Å². The Kier molecular flexibility index (Phi) is 5.23. The third-order valence-electron chi connectivity index (χ3n) is 2.54. The zero-order valence-corrected chi connectivity index (χ0v) is 11.9. The summed E-state index contributed by atoms with van der Waals surface area (Å²) in [5.41, 5.74) is 6.71. The summed E-state index contributed by atoms with van der Waals surface area (Å²) in [6, 6.07) is 7.32. The smallest absolute Gasteiger partial charge is 0.210 e. The van der Waals surface area contributed by atoms with E-state index in [9.17, 15) is 0 Å². The maximum absolute atomic E-state index is 5.81. The number of nitrogens with one attached hydrogen (secondary N) is 4. The van der Waals surface area contributed by atoms with Gasteiger partial charge in [0, 0.05) is 23.8 Å². The largest absolute Gasteiger partial charge is 0.355 e. The zero-order chi connectivity index (χ0) is 13.5. The molecule has 1 heterocycles. The van der Waals surface area contributed by atoms with Crippen LogP contribution in [0.2, 0.25) is 5.02 Å². The average Bonchev–Trinajstić information content (AvgIpc) is 2.68. The topological polar surface area (TPSA) is 60.5 Å². The molecular weight excluding hydrogens is 282 g/mol. The van der Waals surface area contributed by atoms with E-state index in [0.717, 1.165) is 37.6 Å². The van der Waals surface area contributed by atoms with Crippen LogP contribution >= 0.6 is 23.8 Å². The second-order valence-electron chi connectivity index (χ2n) is 4.08. The molecule has 102 valence electrons. The summed E-state index contributed by atoms with van der Waals surface area (Å²) < 4.78 is 0. The Labute approximate surface area is 122 Å². The molecule has 1 aliphatic heterocycles. The van der Waals surface area contributed by atoms with Gasteiger partial charge in [0.25, 0.3) is 0 Å². The highest BCUT2D eigenvalue weighted by Gasteiger charge is 2.03. The van der Waals surface area contributed by atoms with Crippen LogP contribution < -0.4 is 21.5 Å². The lowest BCUT2D eigenvalue weighted by molar-refractivity contribution is 0.739. The van der Waals surface area contributed by atoms with Gasteiger partial charge in [-0.2, -0.15) is 0 Å². The van der Waals surface area contributed by atoms with Crippen LogP contribution in [0.5, 0.6) is 0 Å². The molecule has 1 aromatic carbocycles. The molecule has 0 aromatic heterocycles. The van der Waals surface area contributed by atoms with Crippen LogP contribution in [0.1, 0.15) is 12.8 Å². The summed E-state index contributed by atoms with van der Waals surface area (Å²) in [4.78, 5) is 4.34. The number of aliphatic imine (C=N–C) groups is 1. The molecule has 1 aliphatic rings. The number of hydrazine groups is 1. The van der Waals surface area contributed by atoms with Gasteiger partial charge in [0.15, 0.2) is 5.11 Å². The fraction of sp³-hybridized carbons (Fsp3) is 0.333. The molecule has 7 heteroatoms. The lowest BCUT2D eigenvalue weighted by Gasteiger charge is -2.14. The van der Waals surface area contributed by atoms with Gasteiger partial charge in [0.1, 0.15) is 0 Å². The first-order valence-corrected chi connectivity index (χ1v) is 6.89. The highest BCUT2D eigenvalue weighted by atomic mass is 35.5. The summed E-state index contributed by atoms with van der Waals surface area (Å²) in [6.45, 7) is 1.75. The van der Waals surface area contributed by atoms with Gasteiger partial charge in [-0.3, -0.25) is 15.8 Å². The van der Waals surface area contributed by atoms with Gasteiger partial charge in [-0.25, -0.2) is 0 Å². The predicted octanol–water partition coefficient (Wildman–Crippen LogP) is 1.87. The Bertz CT molecular complexity index is 460. The van der Waals surface area contributed by atoms with E-state index >= 15 is 0 Å². The maximum atomic E-state index is 5.81. The van der Waals surface area contributed by atoms with Crippen LogP contribution in [0.15, 0.2) is 29.3 Å². The molecule has 0 atom stereocenters. The highest BCUT2D eigenvalue weighted by molar-refractivity contribution is 7.80. The molecule has 0 radical (unpaired) electrons. The molecule has 0 saturated heterocycles. The molecule has 0 bridgehead atoms. The van der Waals surface area contributed by atoms with Crippen molar-refractivity contribution in [1.82, 2.24) is 16.2 Å². The third-order valence-corrected chi connectivity index (χ3v) is 3.00. The van der Waals surface area contributed by atoms with E-state index < -0.39 is 0 Å². The first-order chi connectivity index (χ1) is 9.24. The average molecular weight is 298 g/mol. The van der Waals surface area contributed by atoms with Crippen LogP contribution in [0.3, 0.4) is 0 Å². The molecule has 1 aromatic rings. The van der Waals surface area contributed by atoms with Crippen molar-refractivity contribution in [3.05, 3.63) is 29.3 Å². The number of guanidine groups is 1.